The number of rotatable bonds is 7. The van der Waals surface area contributed by atoms with Crippen molar-refractivity contribution in [2.24, 2.45) is 5.92 Å². The minimum absolute atomic E-state index is 0.119. The molecule has 3 aromatic rings. The smallest absolute Gasteiger partial charge is 0.305 e. The van der Waals surface area contributed by atoms with Crippen molar-refractivity contribution in [3.63, 3.8) is 0 Å². The molecule has 1 saturated heterocycles. The van der Waals surface area contributed by atoms with Crippen LogP contribution in [-0.2, 0) is 9.53 Å². The van der Waals surface area contributed by atoms with Gasteiger partial charge < -0.3 is 4.74 Å². The Labute approximate surface area is 234 Å². The second kappa shape index (κ2) is 11.3. The summed E-state index contributed by atoms with van der Waals surface area (Å²) in [7, 11) is 1.46. The Bertz CT molecular complexity index is 1370. The third-order valence-corrected chi connectivity index (χ3v) is 8.80. The number of fused-ring (bicyclic) bond motifs is 1. The Morgan fingerprint density at radius 2 is 2.11 bits per heavy atom. The fourth-order valence-electron chi connectivity index (χ4n) is 6.17. The molecule has 1 aliphatic carbocycles. The van der Waals surface area contributed by atoms with Crippen LogP contribution in [-0.4, -0.2) is 56.4 Å². The molecular weight excluding hydrogens is 521 g/mol. The second-order valence-corrected chi connectivity index (χ2v) is 11.5. The summed E-state index contributed by atoms with van der Waals surface area (Å²) in [5.41, 5.74) is 5.48. The van der Waals surface area contributed by atoms with Crippen molar-refractivity contribution in [2.75, 3.05) is 13.7 Å². The van der Waals surface area contributed by atoms with Gasteiger partial charge in [0.15, 0.2) is 5.65 Å². The lowest BCUT2D eigenvalue weighted by Crippen LogP contribution is -2.44. The van der Waals surface area contributed by atoms with Gasteiger partial charge in [-0.2, -0.15) is 5.10 Å². The number of allylic oxidation sites excluding steroid dienone is 1. The Hall–Kier alpha value is -2.48. The molecule has 1 fully saturated rings. The molecule has 2 aliphatic rings. The van der Waals surface area contributed by atoms with E-state index in [9.17, 15) is 4.79 Å². The van der Waals surface area contributed by atoms with Crippen LogP contribution in [0.25, 0.3) is 16.7 Å². The molecule has 0 radical (unpaired) electrons. The SMILES string of the molecule is COC(=O)CCC1CCCN1C1CC=C(c2cnc3c(C)nn([C@H](C)c4ccc(Cl)cc4Cl)c3n2)C[C@H]1C. The number of hydrogen-bond acceptors (Lipinski definition) is 6. The minimum atomic E-state index is -0.124. The van der Waals surface area contributed by atoms with Gasteiger partial charge in [0.1, 0.15) is 5.52 Å². The van der Waals surface area contributed by atoms with Crippen molar-refractivity contribution in [1.82, 2.24) is 24.6 Å². The molecule has 4 atom stereocenters. The van der Waals surface area contributed by atoms with Gasteiger partial charge in [0.05, 0.1) is 30.7 Å². The molecule has 9 heteroatoms. The van der Waals surface area contributed by atoms with Gasteiger partial charge in [0.25, 0.3) is 0 Å². The van der Waals surface area contributed by atoms with E-state index in [0.29, 0.717) is 34.5 Å². The van der Waals surface area contributed by atoms with Crippen LogP contribution in [0.3, 0.4) is 0 Å². The molecule has 202 valence electrons. The van der Waals surface area contributed by atoms with Crippen molar-refractivity contribution < 1.29 is 9.53 Å². The van der Waals surface area contributed by atoms with E-state index in [-0.39, 0.29) is 12.0 Å². The van der Waals surface area contributed by atoms with Gasteiger partial charge in [-0.3, -0.25) is 9.69 Å². The van der Waals surface area contributed by atoms with Gasteiger partial charge in [-0.05, 0) is 81.7 Å². The van der Waals surface area contributed by atoms with E-state index in [0.717, 1.165) is 60.3 Å². The highest BCUT2D eigenvalue weighted by Gasteiger charge is 2.35. The Balaban J connectivity index is 1.38. The van der Waals surface area contributed by atoms with Gasteiger partial charge in [-0.25, -0.2) is 14.6 Å². The maximum atomic E-state index is 11.7. The van der Waals surface area contributed by atoms with Gasteiger partial charge in [0.2, 0.25) is 0 Å². The van der Waals surface area contributed by atoms with Gasteiger partial charge >= 0.3 is 5.97 Å². The number of benzene rings is 1. The second-order valence-electron chi connectivity index (χ2n) is 10.7. The largest absolute Gasteiger partial charge is 0.469 e. The number of esters is 1. The summed E-state index contributed by atoms with van der Waals surface area (Å²) < 4.78 is 6.79. The van der Waals surface area contributed by atoms with Crippen molar-refractivity contribution in [3.8, 4) is 0 Å². The first kappa shape index (κ1) is 27.1. The fourth-order valence-corrected chi connectivity index (χ4v) is 6.74. The van der Waals surface area contributed by atoms with Crippen molar-refractivity contribution in [1.29, 1.82) is 0 Å². The van der Waals surface area contributed by atoms with E-state index < -0.39 is 0 Å². The number of aromatic nitrogens is 4. The molecule has 3 heterocycles. The Kier molecular flexibility index (Phi) is 8.08. The molecule has 0 N–H and O–H groups in total. The van der Waals surface area contributed by atoms with Crippen LogP contribution in [0.4, 0.5) is 0 Å². The lowest BCUT2D eigenvalue weighted by atomic mass is 9.83. The summed E-state index contributed by atoms with van der Waals surface area (Å²) >= 11 is 12.6. The highest BCUT2D eigenvalue weighted by atomic mass is 35.5. The summed E-state index contributed by atoms with van der Waals surface area (Å²) in [6, 6.07) is 6.35. The minimum Gasteiger partial charge on any atom is -0.469 e. The molecule has 0 amide bonds. The van der Waals surface area contributed by atoms with Crippen molar-refractivity contribution in [3.05, 3.63) is 57.5 Å². The topological polar surface area (TPSA) is 73.1 Å². The molecule has 2 unspecified atom stereocenters. The monoisotopic (exact) mass is 555 g/mol. The zero-order valence-electron chi connectivity index (χ0n) is 22.5. The molecule has 0 spiro atoms. The van der Waals surface area contributed by atoms with Crippen molar-refractivity contribution >= 4 is 45.9 Å². The highest BCUT2D eigenvalue weighted by molar-refractivity contribution is 6.35. The number of nitrogens with zero attached hydrogens (tertiary/aromatic N) is 5. The number of hydrogen-bond donors (Lipinski definition) is 0. The van der Waals surface area contributed by atoms with Crippen molar-refractivity contribution in [2.45, 2.75) is 77.4 Å². The third kappa shape index (κ3) is 5.33. The first-order valence-corrected chi connectivity index (χ1v) is 14.2. The van der Waals surface area contributed by atoms with Crippen LogP contribution in [0.15, 0.2) is 30.5 Å². The Morgan fingerprint density at radius 1 is 1.29 bits per heavy atom. The first-order chi connectivity index (χ1) is 18.3. The summed E-state index contributed by atoms with van der Waals surface area (Å²) in [6.07, 6.45) is 9.83. The van der Waals surface area contributed by atoms with Crippen LogP contribution in [0, 0.1) is 12.8 Å². The highest BCUT2D eigenvalue weighted by Crippen LogP contribution is 2.37. The number of methoxy groups -OCH3 is 1. The van der Waals surface area contributed by atoms with Gasteiger partial charge in [-0.1, -0.05) is 42.3 Å². The van der Waals surface area contributed by atoms with Crippen LogP contribution in [0.1, 0.15) is 75.4 Å². The fraction of sp³-hybridized carbons (Fsp3) is 0.517. The molecule has 2 aromatic heterocycles. The van der Waals surface area contributed by atoms with E-state index >= 15 is 0 Å². The predicted octanol–water partition coefficient (Wildman–Crippen LogP) is 6.65. The van der Waals surface area contributed by atoms with E-state index in [2.05, 4.69) is 24.8 Å². The summed E-state index contributed by atoms with van der Waals surface area (Å²) in [5, 5.41) is 6.00. The summed E-state index contributed by atoms with van der Waals surface area (Å²) in [4.78, 5) is 24.2. The number of aryl methyl sites for hydroxylation is 1. The zero-order valence-corrected chi connectivity index (χ0v) is 24.0. The molecule has 1 aliphatic heterocycles. The van der Waals surface area contributed by atoms with E-state index in [1.165, 1.54) is 19.1 Å². The van der Waals surface area contributed by atoms with E-state index in [1.54, 1.807) is 6.07 Å². The van der Waals surface area contributed by atoms with Gasteiger partial charge in [-0.15, -0.1) is 0 Å². The molecule has 7 nitrogen and oxygen atoms in total. The predicted molar refractivity (Wildman–Crippen MR) is 151 cm³/mol. The zero-order chi connectivity index (χ0) is 27.0. The van der Waals surface area contributed by atoms with E-state index in [1.807, 2.05) is 29.9 Å². The quantitative estimate of drug-likeness (QED) is 0.304. The molecule has 0 bridgehead atoms. The molecule has 38 heavy (non-hydrogen) atoms. The average molecular weight is 557 g/mol. The molecule has 0 saturated carbocycles. The van der Waals surface area contributed by atoms with Crippen LogP contribution in [0.5, 0.6) is 0 Å². The average Bonchev–Trinajstić information content (AvgIpc) is 3.50. The number of carbonyl (C=O) groups excluding carboxylic acids is 1. The van der Waals surface area contributed by atoms with Gasteiger partial charge in [0, 0.05) is 28.5 Å². The Morgan fingerprint density at radius 3 is 2.84 bits per heavy atom. The lowest BCUT2D eigenvalue weighted by molar-refractivity contribution is -0.141. The number of ether oxygens (including phenoxy) is 1. The normalized spacial score (nSPS) is 23.0. The lowest BCUT2D eigenvalue weighted by Gasteiger charge is -2.39. The maximum absolute atomic E-state index is 11.7. The van der Waals surface area contributed by atoms with E-state index in [4.69, 9.17) is 43.0 Å². The summed E-state index contributed by atoms with van der Waals surface area (Å²) in [6.45, 7) is 7.45. The number of halogens is 2. The van der Waals surface area contributed by atoms with Crippen LogP contribution >= 0.6 is 23.2 Å². The first-order valence-electron chi connectivity index (χ1n) is 13.5. The standard InChI is InChI=1S/C29H35Cl2N5O2/c1-17-14-20(7-11-26(17)35-13-5-6-22(35)9-12-27(37)38-4)25-16-32-28-18(2)34-36(29(28)33-25)19(3)23-10-8-21(30)15-24(23)31/h7-8,10,15-17,19,22,26H,5-6,9,11-14H2,1-4H3/t17-,19-,22?,26?/m1/s1. The van der Waals surface area contributed by atoms with Crippen LogP contribution < -0.4 is 0 Å². The molecule has 5 rings (SSSR count). The molecular formula is C29H35Cl2N5O2. The molecule has 1 aromatic carbocycles. The number of likely N-dealkylation sites (tertiary alicyclic amines) is 1. The number of carbonyl (C=O) groups is 1. The third-order valence-electron chi connectivity index (χ3n) is 8.24. The summed E-state index contributed by atoms with van der Waals surface area (Å²) in [5.74, 6) is 0.358. The van der Waals surface area contributed by atoms with Crippen LogP contribution in [0.2, 0.25) is 10.0 Å². The maximum Gasteiger partial charge on any atom is 0.305 e.